The fourth-order valence-corrected chi connectivity index (χ4v) is 4.04. The molecule has 1 aliphatic heterocycles. The van der Waals surface area contributed by atoms with Crippen molar-refractivity contribution < 1.29 is 26.7 Å². The van der Waals surface area contributed by atoms with E-state index in [2.05, 4.69) is 5.32 Å². The number of sulfonamides is 1. The minimum absolute atomic E-state index is 0.169. The summed E-state index contributed by atoms with van der Waals surface area (Å²) in [5, 5.41) is 2.34. The van der Waals surface area contributed by atoms with Crippen LogP contribution in [0.15, 0.2) is 18.2 Å². The molecule has 0 aliphatic carbocycles. The number of hydrogen-bond donors (Lipinski definition) is 1. The molecule has 1 fully saturated rings. The lowest BCUT2D eigenvalue weighted by Crippen LogP contribution is -2.49. The summed E-state index contributed by atoms with van der Waals surface area (Å²) in [5.74, 6) is -2.87. The van der Waals surface area contributed by atoms with Gasteiger partial charge in [-0.2, -0.15) is 4.31 Å². The maximum atomic E-state index is 13.5. The van der Waals surface area contributed by atoms with Gasteiger partial charge >= 0.3 is 0 Å². The zero-order chi connectivity index (χ0) is 17.9. The SMILES string of the molecule is C[C@H]1CN(S(=O)(=O)CCNC(=O)c2ccc(F)cc2F)C[C@H](C)O1. The molecule has 1 saturated heterocycles. The van der Waals surface area contributed by atoms with Crippen LogP contribution in [0.2, 0.25) is 0 Å². The number of hydrogen-bond acceptors (Lipinski definition) is 4. The van der Waals surface area contributed by atoms with Gasteiger partial charge in [0.1, 0.15) is 11.6 Å². The van der Waals surface area contributed by atoms with Gasteiger partial charge in [0, 0.05) is 25.7 Å². The van der Waals surface area contributed by atoms with E-state index in [1.54, 1.807) is 13.8 Å². The molecule has 2 rings (SSSR count). The van der Waals surface area contributed by atoms with Crippen molar-refractivity contribution in [3.05, 3.63) is 35.4 Å². The first kappa shape index (κ1) is 18.8. The van der Waals surface area contributed by atoms with Crippen molar-refractivity contribution in [2.45, 2.75) is 26.1 Å². The van der Waals surface area contributed by atoms with Gasteiger partial charge in [-0.1, -0.05) is 0 Å². The monoisotopic (exact) mass is 362 g/mol. The minimum Gasteiger partial charge on any atom is -0.373 e. The van der Waals surface area contributed by atoms with Crippen LogP contribution in [0.1, 0.15) is 24.2 Å². The van der Waals surface area contributed by atoms with E-state index in [-0.39, 0.29) is 43.2 Å². The van der Waals surface area contributed by atoms with Gasteiger partial charge in [0.15, 0.2) is 0 Å². The number of carbonyl (C=O) groups excluding carboxylic acids is 1. The highest BCUT2D eigenvalue weighted by Crippen LogP contribution is 2.15. The van der Waals surface area contributed by atoms with Gasteiger partial charge in [0.25, 0.3) is 5.91 Å². The van der Waals surface area contributed by atoms with Gasteiger partial charge in [-0.05, 0) is 26.0 Å². The van der Waals surface area contributed by atoms with Gasteiger partial charge < -0.3 is 10.1 Å². The standard InChI is InChI=1S/C15H20F2N2O4S/c1-10-8-19(9-11(2)23-10)24(21,22)6-5-18-15(20)13-4-3-12(16)7-14(13)17/h3-4,7,10-11H,5-6,8-9H2,1-2H3,(H,18,20)/t10-,11-/m0/s1. The number of benzene rings is 1. The molecule has 0 spiro atoms. The maximum absolute atomic E-state index is 13.5. The van der Waals surface area contributed by atoms with Crippen molar-refractivity contribution in [1.29, 1.82) is 0 Å². The molecular weight excluding hydrogens is 342 g/mol. The van der Waals surface area contributed by atoms with E-state index in [9.17, 15) is 22.0 Å². The second kappa shape index (κ2) is 7.54. The van der Waals surface area contributed by atoms with E-state index in [0.717, 1.165) is 12.1 Å². The third-order valence-electron chi connectivity index (χ3n) is 3.60. The summed E-state index contributed by atoms with van der Waals surface area (Å²) in [6, 6.07) is 2.58. The van der Waals surface area contributed by atoms with Crippen molar-refractivity contribution in [1.82, 2.24) is 9.62 Å². The Balaban J connectivity index is 1.91. The normalized spacial score (nSPS) is 22.3. The predicted molar refractivity (Wildman–Crippen MR) is 84.1 cm³/mol. The minimum atomic E-state index is -3.56. The first-order valence-electron chi connectivity index (χ1n) is 7.55. The summed E-state index contributed by atoms with van der Waals surface area (Å²) in [6.07, 6.45) is -0.405. The molecule has 1 aromatic carbocycles. The lowest BCUT2D eigenvalue weighted by Gasteiger charge is -2.34. The van der Waals surface area contributed by atoms with E-state index < -0.39 is 27.6 Å². The van der Waals surface area contributed by atoms with Gasteiger partial charge in [-0.3, -0.25) is 4.79 Å². The molecule has 0 saturated carbocycles. The molecule has 1 aliphatic rings. The Labute approximate surface area is 139 Å². The van der Waals surface area contributed by atoms with Crippen molar-refractivity contribution in [2.75, 3.05) is 25.4 Å². The highest BCUT2D eigenvalue weighted by Gasteiger charge is 2.30. The topological polar surface area (TPSA) is 75.7 Å². The number of halogens is 2. The predicted octanol–water partition coefficient (Wildman–Crippen LogP) is 1.13. The number of amides is 1. The highest BCUT2D eigenvalue weighted by molar-refractivity contribution is 7.89. The van der Waals surface area contributed by atoms with Crippen LogP contribution in [0.25, 0.3) is 0 Å². The molecule has 134 valence electrons. The van der Waals surface area contributed by atoms with E-state index in [0.29, 0.717) is 6.07 Å². The van der Waals surface area contributed by atoms with Crippen LogP contribution >= 0.6 is 0 Å². The number of carbonyl (C=O) groups is 1. The number of morpholine rings is 1. The molecule has 1 aromatic rings. The summed E-state index contributed by atoms with van der Waals surface area (Å²) in [7, 11) is -3.56. The third kappa shape index (κ3) is 4.71. The first-order valence-corrected chi connectivity index (χ1v) is 9.16. The third-order valence-corrected chi connectivity index (χ3v) is 5.41. The summed E-state index contributed by atoms with van der Waals surface area (Å²) in [5.41, 5.74) is -0.331. The number of nitrogens with zero attached hydrogens (tertiary/aromatic N) is 1. The summed E-state index contributed by atoms with van der Waals surface area (Å²) in [6.45, 7) is 3.92. The molecule has 9 heteroatoms. The van der Waals surface area contributed by atoms with Crippen LogP contribution < -0.4 is 5.32 Å². The van der Waals surface area contributed by atoms with E-state index >= 15 is 0 Å². The average molecular weight is 362 g/mol. The first-order chi connectivity index (χ1) is 11.2. The van der Waals surface area contributed by atoms with Crippen LogP contribution in [0.4, 0.5) is 8.78 Å². The quantitative estimate of drug-likeness (QED) is 0.852. The van der Waals surface area contributed by atoms with Crippen LogP contribution in [-0.2, 0) is 14.8 Å². The van der Waals surface area contributed by atoms with E-state index in [4.69, 9.17) is 4.74 Å². The van der Waals surface area contributed by atoms with Gasteiger partial charge in [0.05, 0.1) is 23.5 Å². The molecule has 1 heterocycles. The van der Waals surface area contributed by atoms with Crippen LogP contribution in [0.3, 0.4) is 0 Å². The Morgan fingerprint density at radius 2 is 1.92 bits per heavy atom. The van der Waals surface area contributed by atoms with Crippen LogP contribution in [0.5, 0.6) is 0 Å². The molecule has 1 amide bonds. The van der Waals surface area contributed by atoms with E-state index in [1.165, 1.54) is 4.31 Å². The summed E-state index contributed by atoms with van der Waals surface area (Å²) in [4.78, 5) is 11.8. The second-order valence-corrected chi connectivity index (χ2v) is 7.86. The fraction of sp³-hybridized carbons (Fsp3) is 0.533. The Kier molecular flexibility index (Phi) is 5.89. The summed E-state index contributed by atoms with van der Waals surface area (Å²) < 4.78 is 57.7. The van der Waals surface area contributed by atoms with Crippen molar-refractivity contribution >= 4 is 15.9 Å². The fourth-order valence-electron chi connectivity index (χ4n) is 2.55. The average Bonchev–Trinajstić information content (AvgIpc) is 2.45. The summed E-state index contributed by atoms with van der Waals surface area (Å²) >= 11 is 0. The largest absolute Gasteiger partial charge is 0.373 e. The molecule has 0 radical (unpaired) electrons. The molecule has 0 unspecified atom stereocenters. The maximum Gasteiger partial charge on any atom is 0.254 e. The molecule has 6 nitrogen and oxygen atoms in total. The van der Waals surface area contributed by atoms with Crippen LogP contribution in [-0.4, -0.2) is 56.2 Å². The van der Waals surface area contributed by atoms with E-state index in [1.807, 2.05) is 0 Å². The second-order valence-electron chi connectivity index (χ2n) is 5.77. The molecule has 0 bridgehead atoms. The number of nitrogens with one attached hydrogen (secondary N) is 1. The molecule has 0 aromatic heterocycles. The van der Waals surface area contributed by atoms with Gasteiger partial charge in [-0.25, -0.2) is 17.2 Å². The smallest absolute Gasteiger partial charge is 0.254 e. The Morgan fingerprint density at radius 3 is 2.50 bits per heavy atom. The zero-order valence-electron chi connectivity index (χ0n) is 13.5. The molecule has 2 atom stereocenters. The van der Waals surface area contributed by atoms with Crippen molar-refractivity contribution in [3.8, 4) is 0 Å². The lowest BCUT2D eigenvalue weighted by atomic mass is 10.2. The lowest BCUT2D eigenvalue weighted by molar-refractivity contribution is -0.0440. The van der Waals surface area contributed by atoms with Crippen molar-refractivity contribution in [2.24, 2.45) is 0 Å². The molecule has 1 N–H and O–H groups in total. The zero-order valence-corrected chi connectivity index (χ0v) is 14.3. The molecule has 24 heavy (non-hydrogen) atoms. The number of ether oxygens (including phenoxy) is 1. The highest BCUT2D eigenvalue weighted by atomic mass is 32.2. The Hall–Kier alpha value is -1.58. The van der Waals surface area contributed by atoms with Crippen molar-refractivity contribution in [3.63, 3.8) is 0 Å². The van der Waals surface area contributed by atoms with Gasteiger partial charge in [0.2, 0.25) is 10.0 Å². The Bertz CT molecular complexity index is 701. The Morgan fingerprint density at radius 1 is 1.29 bits per heavy atom. The van der Waals surface area contributed by atoms with Gasteiger partial charge in [-0.15, -0.1) is 0 Å². The van der Waals surface area contributed by atoms with Crippen LogP contribution in [0, 0.1) is 11.6 Å². The molecular formula is C15H20F2N2O4S. The number of rotatable bonds is 5.